The van der Waals surface area contributed by atoms with Gasteiger partial charge in [-0.1, -0.05) is 37.6 Å². The molecule has 1 heterocycles. The van der Waals surface area contributed by atoms with Crippen LogP contribution in [0.3, 0.4) is 0 Å². The molecular formula is C19H23NO4. The van der Waals surface area contributed by atoms with Crippen molar-refractivity contribution >= 4 is 11.8 Å². The van der Waals surface area contributed by atoms with Gasteiger partial charge in [0, 0.05) is 5.57 Å². The number of hydrogen-bond donors (Lipinski definition) is 1. The maximum Gasteiger partial charge on any atom is 0.281 e. The highest BCUT2D eigenvalue weighted by atomic mass is 16.5. The number of rotatable bonds is 5. The Morgan fingerprint density at radius 1 is 1.25 bits per heavy atom. The molecule has 0 radical (unpaired) electrons. The molecule has 1 N–H and O–H groups in total. The summed E-state index contributed by atoms with van der Waals surface area (Å²) in [5, 5.41) is 9.87. The first-order valence-corrected chi connectivity index (χ1v) is 7.96. The monoisotopic (exact) mass is 329 g/mol. The van der Waals surface area contributed by atoms with Gasteiger partial charge < -0.3 is 4.74 Å². The van der Waals surface area contributed by atoms with Crippen LogP contribution in [0.5, 0.6) is 5.75 Å². The number of hydroxylamine groups is 2. The lowest BCUT2D eigenvalue weighted by Crippen LogP contribution is -2.26. The van der Waals surface area contributed by atoms with Crippen molar-refractivity contribution in [2.75, 3.05) is 6.61 Å². The fourth-order valence-electron chi connectivity index (χ4n) is 2.51. The van der Waals surface area contributed by atoms with Crippen LogP contribution in [0.2, 0.25) is 0 Å². The van der Waals surface area contributed by atoms with Gasteiger partial charge in [-0.15, -0.1) is 0 Å². The molecule has 2 rings (SSSR count). The Balaban J connectivity index is 2.24. The van der Waals surface area contributed by atoms with Crippen molar-refractivity contribution in [3.63, 3.8) is 0 Å². The van der Waals surface area contributed by atoms with E-state index in [-0.39, 0.29) is 11.0 Å². The van der Waals surface area contributed by atoms with Crippen LogP contribution in [0, 0.1) is 5.92 Å². The second-order valence-corrected chi connectivity index (χ2v) is 6.42. The van der Waals surface area contributed by atoms with Crippen molar-refractivity contribution in [1.29, 1.82) is 0 Å². The zero-order valence-electron chi connectivity index (χ0n) is 14.4. The fraction of sp³-hybridized carbons (Fsp3) is 0.368. The average molecular weight is 329 g/mol. The summed E-state index contributed by atoms with van der Waals surface area (Å²) in [6, 6.07) is 7.03. The lowest BCUT2D eigenvalue weighted by molar-refractivity contribution is -0.170. The summed E-state index contributed by atoms with van der Waals surface area (Å²) in [5.74, 6) is -1.26. The molecule has 1 aromatic carbocycles. The van der Waals surface area contributed by atoms with Crippen molar-refractivity contribution in [3.05, 3.63) is 53.1 Å². The van der Waals surface area contributed by atoms with E-state index in [1.54, 1.807) is 30.3 Å². The molecule has 1 atom stereocenters. The van der Waals surface area contributed by atoms with Crippen LogP contribution in [0.15, 0.2) is 47.6 Å². The quantitative estimate of drug-likeness (QED) is 0.389. The van der Waals surface area contributed by atoms with Gasteiger partial charge in [0.2, 0.25) is 0 Å². The first-order chi connectivity index (χ1) is 11.3. The van der Waals surface area contributed by atoms with E-state index in [0.717, 1.165) is 0 Å². The molecule has 1 aliphatic heterocycles. The van der Waals surface area contributed by atoms with Crippen molar-refractivity contribution in [3.8, 4) is 5.75 Å². The summed E-state index contributed by atoms with van der Waals surface area (Å²) in [6.07, 6.45) is 3.69. The van der Waals surface area contributed by atoms with Crippen LogP contribution in [0.1, 0.15) is 39.2 Å². The molecule has 0 saturated carbocycles. The number of amides is 2. The highest BCUT2D eigenvalue weighted by molar-refractivity contribution is 6.16. The van der Waals surface area contributed by atoms with Gasteiger partial charge in [0.05, 0.1) is 5.92 Å². The zero-order chi connectivity index (χ0) is 17.9. The molecule has 5 nitrogen and oxygen atoms in total. The summed E-state index contributed by atoms with van der Waals surface area (Å²) in [4.78, 5) is 24.3. The lowest BCUT2D eigenvalue weighted by atomic mass is 9.91. The third-order valence-electron chi connectivity index (χ3n) is 3.67. The predicted molar refractivity (Wildman–Crippen MR) is 90.7 cm³/mol. The summed E-state index contributed by atoms with van der Waals surface area (Å²) in [6.45, 7) is 8.31. The van der Waals surface area contributed by atoms with Crippen molar-refractivity contribution < 1.29 is 19.5 Å². The number of benzene rings is 1. The van der Waals surface area contributed by atoms with E-state index >= 15 is 0 Å². The second kappa shape index (κ2) is 7.45. The molecule has 1 aliphatic rings. The molecular weight excluding hydrogens is 306 g/mol. The molecule has 1 saturated heterocycles. The maximum atomic E-state index is 12.2. The number of carbonyl (C=O) groups excluding carboxylic acids is 2. The minimum Gasteiger partial charge on any atom is -0.490 e. The zero-order valence-corrected chi connectivity index (χ0v) is 14.4. The van der Waals surface area contributed by atoms with Crippen molar-refractivity contribution in [1.82, 2.24) is 5.06 Å². The molecule has 0 aliphatic carbocycles. The molecule has 0 unspecified atom stereocenters. The molecule has 128 valence electrons. The van der Waals surface area contributed by atoms with Gasteiger partial charge in [0.25, 0.3) is 11.8 Å². The molecule has 0 bridgehead atoms. The molecule has 24 heavy (non-hydrogen) atoms. The normalized spacial score (nSPS) is 19.3. The average Bonchev–Trinajstić information content (AvgIpc) is 2.72. The van der Waals surface area contributed by atoms with Crippen molar-refractivity contribution in [2.24, 2.45) is 5.92 Å². The van der Waals surface area contributed by atoms with Gasteiger partial charge in [-0.3, -0.25) is 14.8 Å². The van der Waals surface area contributed by atoms with Crippen LogP contribution in [-0.2, 0) is 9.59 Å². The number of allylic oxidation sites excluding steroid dienone is 2. The summed E-state index contributed by atoms with van der Waals surface area (Å²) in [7, 11) is 0. The topological polar surface area (TPSA) is 66.8 Å². The Bertz CT molecular complexity index is 682. The van der Waals surface area contributed by atoms with E-state index in [1.807, 2.05) is 33.8 Å². The smallest absolute Gasteiger partial charge is 0.281 e. The number of carbonyl (C=O) groups is 2. The largest absolute Gasteiger partial charge is 0.490 e. The van der Waals surface area contributed by atoms with Gasteiger partial charge in [0.1, 0.15) is 12.4 Å². The summed E-state index contributed by atoms with van der Waals surface area (Å²) in [5.41, 5.74) is 2.15. The Hall–Kier alpha value is -2.40. The first kappa shape index (κ1) is 17.9. The minimum atomic E-state index is -0.767. The maximum absolute atomic E-state index is 12.2. The Kier molecular flexibility index (Phi) is 5.57. The number of ether oxygens (including phenoxy) is 1. The summed E-state index contributed by atoms with van der Waals surface area (Å²) < 4.78 is 5.59. The lowest BCUT2D eigenvalue weighted by Gasteiger charge is -2.11. The van der Waals surface area contributed by atoms with Crippen LogP contribution < -0.4 is 4.74 Å². The molecule has 1 fully saturated rings. The predicted octanol–water partition coefficient (Wildman–Crippen LogP) is 3.46. The van der Waals surface area contributed by atoms with Crippen LogP contribution in [0.4, 0.5) is 0 Å². The molecule has 0 aromatic heterocycles. The van der Waals surface area contributed by atoms with Gasteiger partial charge in [0.15, 0.2) is 0 Å². The van der Waals surface area contributed by atoms with Crippen LogP contribution >= 0.6 is 0 Å². The third-order valence-corrected chi connectivity index (χ3v) is 3.67. The van der Waals surface area contributed by atoms with Crippen molar-refractivity contribution in [2.45, 2.75) is 33.6 Å². The standard InChI is InChI=1S/C19H23NO4/c1-12(2)9-10-24-15-7-5-14(6-8-15)17-16(11-13(3)4)18(21)20(23)19(17)22/h5-9,11,13,17,23H,10H2,1-4H3/b16-11-/t17-/m1/s1. The minimum absolute atomic E-state index is 0.0948. The third kappa shape index (κ3) is 3.92. The van der Waals surface area contributed by atoms with Gasteiger partial charge in [-0.05, 0) is 43.5 Å². The number of imide groups is 1. The molecule has 1 aromatic rings. The van der Waals surface area contributed by atoms with Gasteiger partial charge in [-0.2, -0.15) is 5.06 Å². The first-order valence-electron chi connectivity index (χ1n) is 7.96. The van der Waals surface area contributed by atoms with Crippen LogP contribution in [-0.4, -0.2) is 28.7 Å². The Labute approximate surface area is 142 Å². The Morgan fingerprint density at radius 2 is 1.88 bits per heavy atom. The van der Waals surface area contributed by atoms with E-state index in [4.69, 9.17) is 4.74 Å². The SMILES string of the molecule is CC(C)=CCOc1ccc([C@H]2C(=O)N(O)C(=O)/C2=C\C(C)C)cc1. The molecule has 2 amide bonds. The van der Waals surface area contributed by atoms with Gasteiger partial charge in [-0.25, -0.2) is 0 Å². The van der Waals surface area contributed by atoms with Gasteiger partial charge >= 0.3 is 0 Å². The van der Waals surface area contributed by atoms with E-state index in [1.165, 1.54) is 5.57 Å². The highest BCUT2D eigenvalue weighted by Gasteiger charge is 2.43. The Morgan fingerprint density at radius 3 is 2.42 bits per heavy atom. The second-order valence-electron chi connectivity index (χ2n) is 6.42. The number of nitrogens with zero attached hydrogens (tertiary/aromatic N) is 1. The van der Waals surface area contributed by atoms with E-state index < -0.39 is 17.7 Å². The summed E-state index contributed by atoms with van der Waals surface area (Å²) >= 11 is 0. The van der Waals surface area contributed by atoms with Crippen LogP contribution in [0.25, 0.3) is 0 Å². The van der Waals surface area contributed by atoms with E-state index in [0.29, 0.717) is 23.5 Å². The van der Waals surface area contributed by atoms with E-state index in [2.05, 4.69) is 0 Å². The number of hydrogen-bond acceptors (Lipinski definition) is 4. The van der Waals surface area contributed by atoms with E-state index in [9.17, 15) is 14.8 Å². The molecule has 5 heteroatoms. The highest BCUT2D eigenvalue weighted by Crippen LogP contribution is 2.35. The fourth-order valence-corrected chi connectivity index (χ4v) is 2.51. The molecule has 0 spiro atoms.